The van der Waals surface area contributed by atoms with E-state index in [1.807, 2.05) is 0 Å². The summed E-state index contributed by atoms with van der Waals surface area (Å²) in [4.78, 5) is 14.3. The van der Waals surface area contributed by atoms with Crippen LogP contribution in [0.4, 0.5) is 0 Å². The number of carbonyl (C=O) groups excluding carboxylic acids is 1. The summed E-state index contributed by atoms with van der Waals surface area (Å²) in [6.07, 6.45) is 6.45. The fourth-order valence-electron chi connectivity index (χ4n) is 2.72. The van der Waals surface area contributed by atoms with Crippen LogP contribution >= 0.6 is 0 Å². The van der Waals surface area contributed by atoms with Crippen LogP contribution in [0.25, 0.3) is 0 Å². The molecule has 2 fully saturated rings. The molecule has 3 nitrogen and oxygen atoms in total. The molecule has 2 aliphatic heterocycles. The summed E-state index contributed by atoms with van der Waals surface area (Å²) in [6, 6.07) is 0.597. The first-order chi connectivity index (χ1) is 7.81. The van der Waals surface area contributed by atoms with Crippen LogP contribution in [0, 0.1) is 0 Å². The van der Waals surface area contributed by atoms with Gasteiger partial charge in [-0.15, -0.1) is 0 Å². The summed E-state index contributed by atoms with van der Waals surface area (Å²) in [7, 11) is 0. The second kappa shape index (κ2) is 5.78. The maximum atomic E-state index is 11.9. The minimum Gasteiger partial charge on any atom is -0.367 e. The Labute approximate surface area is 98.1 Å². The standard InChI is InChI=1S/C13H23NO2/c1-2-3-4-7-12(15)13-9-14-8-5-6-11(14)10-16-13/h11,13H,2-10H2,1H3. The van der Waals surface area contributed by atoms with Crippen molar-refractivity contribution in [2.45, 2.75) is 57.6 Å². The molecule has 2 atom stereocenters. The fraction of sp³-hybridized carbons (Fsp3) is 0.923. The highest BCUT2D eigenvalue weighted by Gasteiger charge is 2.34. The molecule has 0 amide bonds. The second-order valence-corrected chi connectivity index (χ2v) is 5.04. The first-order valence-corrected chi connectivity index (χ1v) is 6.69. The molecule has 2 unspecified atom stereocenters. The van der Waals surface area contributed by atoms with Gasteiger partial charge < -0.3 is 4.74 Å². The molecular weight excluding hydrogens is 202 g/mol. The lowest BCUT2D eigenvalue weighted by Crippen LogP contribution is -2.49. The average Bonchev–Trinajstić information content (AvgIpc) is 2.76. The lowest BCUT2D eigenvalue weighted by atomic mass is 10.1. The molecule has 2 heterocycles. The third kappa shape index (κ3) is 2.83. The van der Waals surface area contributed by atoms with Gasteiger partial charge in [0.05, 0.1) is 6.61 Å². The van der Waals surface area contributed by atoms with E-state index in [0.29, 0.717) is 18.2 Å². The van der Waals surface area contributed by atoms with Gasteiger partial charge in [0.2, 0.25) is 0 Å². The quantitative estimate of drug-likeness (QED) is 0.670. The topological polar surface area (TPSA) is 29.5 Å². The normalized spacial score (nSPS) is 30.3. The number of hydrogen-bond acceptors (Lipinski definition) is 3. The lowest BCUT2D eigenvalue weighted by molar-refractivity contribution is -0.138. The molecule has 0 spiro atoms. The number of nitrogens with zero attached hydrogens (tertiary/aromatic N) is 1. The Morgan fingerprint density at radius 2 is 2.31 bits per heavy atom. The molecule has 0 aliphatic carbocycles. The predicted octanol–water partition coefficient (Wildman–Crippen LogP) is 2.00. The summed E-state index contributed by atoms with van der Waals surface area (Å²) in [5.74, 6) is 0.318. The van der Waals surface area contributed by atoms with Gasteiger partial charge in [0.15, 0.2) is 5.78 Å². The number of morpholine rings is 1. The highest BCUT2D eigenvalue weighted by molar-refractivity contribution is 5.83. The SMILES string of the molecule is CCCCCC(=O)C1CN2CCCC2CO1. The Morgan fingerprint density at radius 3 is 3.12 bits per heavy atom. The van der Waals surface area contributed by atoms with Crippen molar-refractivity contribution >= 4 is 5.78 Å². The van der Waals surface area contributed by atoms with Gasteiger partial charge in [-0.3, -0.25) is 9.69 Å². The van der Waals surface area contributed by atoms with E-state index in [0.717, 1.165) is 32.5 Å². The Morgan fingerprint density at radius 1 is 1.44 bits per heavy atom. The number of ether oxygens (including phenoxy) is 1. The first-order valence-electron chi connectivity index (χ1n) is 6.69. The molecule has 0 aromatic carbocycles. The van der Waals surface area contributed by atoms with Crippen molar-refractivity contribution in [3.8, 4) is 0 Å². The van der Waals surface area contributed by atoms with Gasteiger partial charge in [-0.25, -0.2) is 0 Å². The van der Waals surface area contributed by atoms with E-state index in [-0.39, 0.29) is 6.10 Å². The molecule has 2 rings (SSSR count). The highest BCUT2D eigenvalue weighted by Crippen LogP contribution is 2.23. The molecule has 0 aromatic heterocycles. The van der Waals surface area contributed by atoms with Crippen LogP contribution in [0.3, 0.4) is 0 Å². The molecule has 0 N–H and O–H groups in total. The van der Waals surface area contributed by atoms with Crippen LogP contribution < -0.4 is 0 Å². The highest BCUT2D eigenvalue weighted by atomic mass is 16.5. The summed E-state index contributed by atoms with van der Waals surface area (Å²) in [6.45, 7) is 4.93. The van der Waals surface area contributed by atoms with Crippen molar-refractivity contribution in [1.29, 1.82) is 0 Å². The molecule has 0 radical (unpaired) electrons. The van der Waals surface area contributed by atoms with Crippen molar-refractivity contribution in [2.24, 2.45) is 0 Å². The van der Waals surface area contributed by atoms with Crippen LogP contribution in [-0.4, -0.2) is 42.5 Å². The number of carbonyl (C=O) groups is 1. The summed E-state index contributed by atoms with van der Waals surface area (Å²) >= 11 is 0. The van der Waals surface area contributed by atoms with Crippen LogP contribution in [0.2, 0.25) is 0 Å². The maximum Gasteiger partial charge on any atom is 0.162 e. The van der Waals surface area contributed by atoms with Gasteiger partial charge in [-0.05, 0) is 25.8 Å². The van der Waals surface area contributed by atoms with Crippen molar-refractivity contribution in [2.75, 3.05) is 19.7 Å². The number of unbranched alkanes of at least 4 members (excludes halogenated alkanes) is 2. The molecule has 0 aromatic rings. The van der Waals surface area contributed by atoms with E-state index in [1.165, 1.54) is 19.3 Å². The number of fused-ring (bicyclic) bond motifs is 1. The predicted molar refractivity (Wildman–Crippen MR) is 63.5 cm³/mol. The zero-order valence-corrected chi connectivity index (χ0v) is 10.3. The second-order valence-electron chi connectivity index (χ2n) is 5.04. The third-order valence-corrected chi connectivity index (χ3v) is 3.78. The molecular formula is C13H23NO2. The van der Waals surface area contributed by atoms with Crippen LogP contribution in [-0.2, 0) is 9.53 Å². The van der Waals surface area contributed by atoms with Gasteiger partial charge in [-0.2, -0.15) is 0 Å². The Bertz CT molecular complexity index is 242. The summed E-state index contributed by atoms with van der Waals surface area (Å²) in [5.41, 5.74) is 0. The van der Waals surface area contributed by atoms with Crippen LogP contribution in [0.15, 0.2) is 0 Å². The molecule has 3 heteroatoms. The number of hydrogen-bond donors (Lipinski definition) is 0. The van der Waals surface area contributed by atoms with Crippen molar-refractivity contribution in [3.63, 3.8) is 0 Å². The monoisotopic (exact) mass is 225 g/mol. The molecule has 2 aliphatic rings. The van der Waals surface area contributed by atoms with E-state index in [4.69, 9.17) is 4.74 Å². The lowest BCUT2D eigenvalue weighted by Gasteiger charge is -2.34. The molecule has 0 bridgehead atoms. The Balaban J connectivity index is 1.75. The summed E-state index contributed by atoms with van der Waals surface area (Å²) < 4.78 is 5.69. The minimum absolute atomic E-state index is 0.133. The Kier molecular flexibility index (Phi) is 4.36. The third-order valence-electron chi connectivity index (χ3n) is 3.78. The molecule has 0 saturated carbocycles. The molecule has 16 heavy (non-hydrogen) atoms. The van der Waals surface area contributed by atoms with E-state index in [1.54, 1.807) is 0 Å². The van der Waals surface area contributed by atoms with Crippen molar-refractivity contribution < 1.29 is 9.53 Å². The van der Waals surface area contributed by atoms with Gasteiger partial charge in [-0.1, -0.05) is 19.8 Å². The van der Waals surface area contributed by atoms with Crippen molar-refractivity contribution in [3.05, 3.63) is 0 Å². The minimum atomic E-state index is -0.133. The maximum absolute atomic E-state index is 11.9. The Hall–Kier alpha value is -0.410. The number of rotatable bonds is 5. The van der Waals surface area contributed by atoms with Crippen LogP contribution in [0.5, 0.6) is 0 Å². The number of Topliss-reactive ketones (excluding diaryl/α,β-unsaturated/α-hetero) is 1. The first kappa shape index (κ1) is 12.1. The van der Waals surface area contributed by atoms with Crippen molar-refractivity contribution in [1.82, 2.24) is 4.90 Å². The van der Waals surface area contributed by atoms with E-state index in [2.05, 4.69) is 11.8 Å². The van der Waals surface area contributed by atoms with Gasteiger partial charge in [0.25, 0.3) is 0 Å². The van der Waals surface area contributed by atoms with E-state index < -0.39 is 0 Å². The molecule has 2 saturated heterocycles. The number of ketones is 1. The zero-order chi connectivity index (χ0) is 11.4. The fourth-order valence-corrected chi connectivity index (χ4v) is 2.72. The van der Waals surface area contributed by atoms with E-state index >= 15 is 0 Å². The van der Waals surface area contributed by atoms with Crippen LogP contribution in [0.1, 0.15) is 45.4 Å². The average molecular weight is 225 g/mol. The smallest absolute Gasteiger partial charge is 0.162 e. The summed E-state index contributed by atoms with van der Waals surface area (Å²) in [5, 5.41) is 0. The van der Waals surface area contributed by atoms with Gasteiger partial charge in [0.1, 0.15) is 6.10 Å². The van der Waals surface area contributed by atoms with E-state index in [9.17, 15) is 4.79 Å². The van der Waals surface area contributed by atoms with Gasteiger partial charge >= 0.3 is 0 Å². The van der Waals surface area contributed by atoms with Gasteiger partial charge in [0, 0.05) is 19.0 Å². The zero-order valence-electron chi connectivity index (χ0n) is 10.3. The molecule has 92 valence electrons. The largest absolute Gasteiger partial charge is 0.367 e.